The molecule has 0 nitrogen and oxygen atoms in total. The highest BCUT2D eigenvalue weighted by Gasteiger charge is 2.21. The predicted molar refractivity (Wildman–Crippen MR) is 73.1 cm³/mol. The highest BCUT2D eigenvalue weighted by atomic mass is 35.5. The zero-order valence-electron chi connectivity index (χ0n) is 9.11. The zero-order valence-corrected chi connectivity index (χ0v) is 12.2. The molecule has 0 aliphatic carbocycles. The topological polar surface area (TPSA) is 0 Å². The Bertz CT molecular complexity index is 595. The van der Waals surface area contributed by atoms with Gasteiger partial charge in [0, 0.05) is 11.1 Å². The summed E-state index contributed by atoms with van der Waals surface area (Å²) in [6.45, 7) is 1.49. The van der Waals surface area contributed by atoms with Gasteiger partial charge in [0.25, 0.3) is 0 Å². The minimum atomic E-state index is -0.864. The molecule has 0 aliphatic rings. The van der Waals surface area contributed by atoms with E-state index >= 15 is 0 Å². The summed E-state index contributed by atoms with van der Waals surface area (Å²) < 4.78 is 28.1. The molecule has 1 aromatic carbocycles. The van der Waals surface area contributed by atoms with Crippen molar-refractivity contribution in [2.75, 3.05) is 0 Å². The van der Waals surface area contributed by atoms with Gasteiger partial charge in [0.2, 0.25) is 0 Å². The minimum absolute atomic E-state index is 0.0520. The Morgan fingerprint density at radius 1 is 1.06 bits per heavy atom. The molecule has 18 heavy (non-hydrogen) atoms. The first-order valence-electron chi connectivity index (χ1n) is 4.94. The average Bonchev–Trinajstić information content (AvgIpc) is 2.62. The SMILES string of the molecule is Cc1cc(F)c(C(Cl)c2cc(Cl)sc2Cl)cc1F. The van der Waals surface area contributed by atoms with E-state index in [1.54, 1.807) is 6.07 Å². The molecule has 6 heteroatoms. The highest BCUT2D eigenvalue weighted by molar-refractivity contribution is 7.20. The number of aryl methyl sites for hydroxylation is 1. The fourth-order valence-electron chi connectivity index (χ4n) is 1.55. The maximum absolute atomic E-state index is 13.8. The van der Waals surface area contributed by atoms with Gasteiger partial charge < -0.3 is 0 Å². The Morgan fingerprint density at radius 2 is 1.72 bits per heavy atom. The van der Waals surface area contributed by atoms with Crippen LogP contribution in [-0.2, 0) is 0 Å². The summed E-state index contributed by atoms with van der Waals surface area (Å²) >= 11 is 19.0. The molecule has 0 fully saturated rings. The first kappa shape index (κ1) is 14.1. The summed E-state index contributed by atoms with van der Waals surface area (Å²) in [6, 6.07) is 3.76. The summed E-state index contributed by atoms with van der Waals surface area (Å²) in [4.78, 5) is 0. The van der Waals surface area contributed by atoms with Crippen LogP contribution in [0.2, 0.25) is 8.67 Å². The maximum atomic E-state index is 13.8. The lowest BCUT2D eigenvalue weighted by molar-refractivity contribution is 0.580. The molecule has 0 saturated carbocycles. The van der Waals surface area contributed by atoms with E-state index in [0.29, 0.717) is 14.2 Å². The second kappa shape index (κ2) is 5.33. The Labute approximate surface area is 122 Å². The Morgan fingerprint density at radius 3 is 2.28 bits per heavy atom. The van der Waals surface area contributed by atoms with Crippen molar-refractivity contribution in [1.82, 2.24) is 0 Å². The molecule has 0 bridgehead atoms. The van der Waals surface area contributed by atoms with Gasteiger partial charge in [-0.25, -0.2) is 8.78 Å². The molecule has 1 atom stereocenters. The minimum Gasteiger partial charge on any atom is -0.207 e. The summed E-state index contributed by atoms with van der Waals surface area (Å²) in [7, 11) is 0. The molecule has 96 valence electrons. The molecule has 0 saturated heterocycles. The number of rotatable bonds is 2. The third-order valence-corrected chi connectivity index (χ3v) is 4.50. The van der Waals surface area contributed by atoms with Gasteiger partial charge in [0.05, 0.1) is 14.0 Å². The molecule has 0 N–H and O–H groups in total. The summed E-state index contributed by atoms with van der Waals surface area (Å²) in [6.07, 6.45) is 0. The lowest BCUT2D eigenvalue weighted by Crippen LogP contribution is -1.99. The van der Waals surface area contributed by atoms with Crippen molar-refractivity contribution in [3.8, 4) is 0 Å². The van der Waals surface area contributed by atoms with E-state index in [4.69, 9.17) is 34.8 Å². The van der Waals surface area contributed by atoms with Gasteiger partial charge in [-0.15, -0.1) is 22.9 Å². The van der Waals surface area contributed by atoms with Crippen LogP contribution in [0.15, 0.2) is 18.2 Å². The lowest BCUT2D eigenvalue weighted by Gasteiger charge is -2.11. The van der Waals surface area contributed by atoms with Crippen LogP contribution in [0.4, 0.5) is 8.78 Å². The van der Waals surface area contributed by atoms with Crippen LogP contribution in [-0.4, -0.2) is 0 Å². The van der Waals surface area contributed by atoms with Crippen LogP contribution in [0.3, 0.4) is 0 Å². The molecule has 2 aromatic rings. The van der Waals surface area contributed by atoms with Gasteiger partial charge in [0.1, 0.15) is 11.6 Å². The van der Waals surface area contributed by atoms with Crippen molar-refractivity contribution in [3.63, 3.8) is 0 Å². The molecular weight excluding hydrogens is 321 g/mol. The van der Waals surface area contributed by atoms with Gasteiger partial charge in [0.15, 0.2) is 0 Å². The average molecular weight is 328 g/mol. The smallest absolute Gasteiger partial charge is 0.128 e. The number of hydrogen-bond donors (Lipinski definition) is 0. The number of hydrogen-bond acceptors (Lipinski definition) is 1. The Kier molecular flexibility index (Phi) is 4.17. The van der Waals surface area contributed by atoms with Crippen molar-refractivity contribution in [2.24, 2.45) is 0 Å². The van der Waals surface area contributed by atoms with Gasteiger partial charge in [-0.2, -0.15) is 0 Å². The molecular formula is C12H7Cl3F2S. The van der Waals surface area contributed by atoms with Crippen LogP contribution >= 0.6 is 46.1 Å². The van der Waals surface area contributed by atoms with Crippen LogP contribution in [0.1, 0.15) is 22.1 Å². The van der Waals surface area contributed by atoms with Crippen molar-refractivity contribution in [3.05, 3.63) is 55.2 Å². The second-order valence-corrected chi connectivity index (χ2v) is 6.49. The summed E-state index contributed by atoms with van der Waals surface area (Å²) in [5.41, 5.74) is 0.765. The third kappa shape index (κ3) is 2.64. The van der Waals surface area contributed by atoms with Gasteiger partial charge >= 0.3 is 0 Å². The van der Waals surface area contributed by atoms with Gasteiger partial charge in [-0.05, 0) is 30.7 Å². The van der Waals surface area contributed by atoms with Crippen molar-refractivity contribution in [2.45, 2.75) is 12.3 Å². The van der Waals surface area contributed by atoms with E-state index in [1.807, 2.05) is 0 Å². The fraction of sp³-hybridized carbons (Fsp3) is 0.167. The molecule has 1 heterocycles. The van der Waals surface area contributed by atoms with Gasteiger partial charge in [-0.1, -0.05) is 23.2 Å². The predicted octanol–water partition coefficient (Wildman–Crippen LogP) is 5.97. The van der Waals surface area contributed by atoms with E-state index in [1.165, 1.54) is 6.92 Å². The molecule has 2 rings (SSSR count). The molecule has 0 aliphatic heterocycles. The standard InChI is InChI=1S/C12H7Cl3F2S/c1-5-2-9(17)6(3-8(5)16)11(14)7-4-10(13)18-12(7)15/h2-4,11H,1H3. The number of halogens is 5. The Hall–Kier alpha value is -0.350. The number of alkyl halides is 1. The van der Waals surface area contributed by atoms with Gasteiger partial charge in [-0.3, -0.25) is 0 Å². The Balaban J connectivity index is 2.49. The van der Waals surface area contributed by atoms with E-state index < -0.39 is 17.0 Å². The molecule has 0 radical (unpaired) electrons. The third-order valence-electron chi connectivity index (χ3n) is 2.51. The molecule has 1 aromatic heterocycles. The van der Waals surface area contributed by atoms with Crippen LogP contribution in [0.5, 0.6) is 0 Å². The van der Waals surface area contributed by atoms with Crippen molar-refractivity contribution >= 4 is 46.1 Å². The van der Waals surface area contributed by atoms with E-state index in [9.17, 15) is 8.78 Å². The fourth-order valence-corrected chi connectivity index (χ4v) is 3.54. The lowest BCUT2D eigenvalue weighted by atomic mass is 10.0. The number of benzene rings is 1. The van der Waals surface area contributed by atoms with Crippen molar-refractivity contribution < 1.29 is 8.78 Å². The van der Waals surface area contributed by atoms with Crippen LogP contribution in [0, 0.1) is 18.6 Å². The van der Waals surface area contributed by atoms with E-state index in [-0.39, 0.29) is 11.1 Å². The zero-order chi connectivity index (χ0) is 13.4. The maximum Gasteiger partial charge on any atom is 0.128 e. The van der Waals surface area contributed by atoms with E-state index in [0.717, 1.165) is 23.5 Å². The summed E-state index contributed by atoms with van der Waals surface area (Å²) in [5.74, 6) is -1.07. The van der Waals surface area contributed by atoms with Crippen molar-refractivity contribution in [1.29, 1.82) is 0 Å². The van der Waals surface area contributed by atoms with Crippen LogP contribution in [0.25, 0.3) is 0 Å². The quantitative estimate of drug-likeness (QED) is 0.596. The highest BCUT2D eigenvalue weighted by Crippen LogP contribution is 2.41. The molecule has 1 unspecified atom stereocenters. The first-order chi connectivity index (χ1) is 8.40. The molecule has 0 amide bonds. The second-order valence-electron chi connectivity index (χ2n) is 3.77. The monoisotopic (exact) mass is 326 g/mol. The molecule has 0 spiro atoms. The number of thiophene rings is 1. The normalized spacial score (nSPS) is 12.8. The summed E-state index contributed by atoms with van der Waals surface area (Å²) in [5, 5.41) is -0.864. The van der Waals surface area contributed by atoms with E-state index in [2.05, 4.69) is 0 Å². The first-order valence-corrected chi connectivity index (χ1v) is 6.95. The van der Waals surface area contributed by atoms with Crippen LogP contribution < -0.4 is 0 Å². The largest absolute Gasteiger partial charge is 0.207 e.